The van der Waals surface area contributed by atoms with Gasteiger partial charge in [0.05, 0.1) is 13.2 Å². The minimum atomic E-state index is -0.139. The van der Waals surface area contributed by atoms with Gasteiger partial charge in [-0.1, -0.05) is 0 Å². The lowest BCUT2D eigenvalue weighted by atomic mass is 10.1. The molecule has 6 nitrogen and oxygen atoms in total. The molecule has 1 aromatic carbocycles. The van der Waals surface area contributed by atoms with Gasteiger partial charge in [0.25, 0.3) is 5.91 Å². The molecule has 1 fully saturated rings. The summed E-state index contributed by atoms with van der Waals surface area (Å²) in [6.45, 7) is 2.79. The van der Waals surface area contributed by atoms with E-state index in [1.807, 2.05) is 0 Å². The van der Waals surface area contributed by atoms with Crippen LogP contribution in [-0.4, -0.2) is 51.2 Å². The topological polar surface area (TPSA) is 62.2 Å². The highest BCUT2D eigenvalue weighted by atomic mass is 16.5. The van der Waals surface area contributed by atoms with Crippen molar-refractivity contribution in [3.63, 3.8) is 0 Å². The fourth-order valence-corrected chi connectivity index (χ4v) is 2.03. The minimum Gasteiger partial charge on any atom is -0.378 e. The number of benzene rings is 1. The van der Waals surface area contributed by atoms with Crippen molar-refractivity contribution in [2.45, 2.75) is 0 Å². The smallest absolute Gasteiger partial charge is 0.253 e. The van der Waals surface area contributed by atoms with E-state index in [0.29, 0.717) is 18.8 Å². The van der Waals surface area contributed by atoms with Crippen LogP contribution in [0.3, 0.4) is 0 Å². The zero-order chi connectivity index (χ0) is 13.8. The van der Waals surface area contributed by atoms with Crippen molar-refractivity contribution >= 4 is 17.3 Å². The largest absolute Gasteiger partial charge is 0.378 e. The van der Waals surface area contributed by atoms with E-state index >= 15 is 0 Å². The molecule has 19 heavy (non-hydrogen) atoms. The molecular formula is C13H17N3O3. The van der Waals surface area contributed by atoms with E-state index in [2.05, 4.69) is 10.1 Å². The Labute approximate surface area is 111 Å². The third-order valence-corrected chi connectivity index (χ3v) is 3.04. The molecule has 1 amide bonds. The number of carbonyl (C=O) groups excluding carboxylic acids is 1. The second-order valence-corrected chi connectivity index (χ2v) is 4.63. The van der Waals surface area contributed by atoms with Crippen molar-refractivity contribution in [2.75, 3.05) is 45.3 Å². The molecule has 1 saturated heterocycles. The Morgan fingerprint density at radius 2 is 1.95 bits per heavy atom. The Morgan fingerprint density at radius 3 is 2.53 bits per heavy atom. The van der Waals surface area contributed by atoms with Crippen LogP contribution in [0.5, 0.6) is 0 Å². The standard InChI is InChI=1S/C13H17N3O3/c1-15(2)13(17)10-7-11(14-18)9-12(8-10)16-3-5-19-6-4-16/h7-9H,3-6H2,1-2H3. The van der Waals surface area contributed by atoms with Gasteiger partial charge in [-0.05, 0) is 23.4 Å². The van der Waals surface area contributed by atoms with Crippen LogP contribution in [0.25, 0.3) is 0 Å². The molecule has 0 unspecified atom stereocenters. The van der Waals surface area contributed by atoms with E-state index in [1.165, 1.54) is 11.0 Å². The maximum atomic E-state index is 12.0. The molecule has 6 heteroatoms. The molecule has 1 aliphatic heterocycles. The number of nitroso groups, excluding NO2 is 1. The van der Waals surface area contributed by atoms with E-state index in [9.17, 15) is 9.70 Å². The van der Waals surface area contributed by atoms with E-state index in [4.69, 9.17) is 4.74 Å². The second kappa shape index (κ2) is 5.79. The number of amides is 1. The normalized spacial score (nSPS) is 15.2. The van der Waals surface area contributed by atoms with E-state index in [0.717, 1.165) is 18.8 Å². The van der Waals surface area contributed by atoms with Crippen LogP contribution in [0.15, 0.2) is 23.4 Å². The molecule has 102 valence electrons. The van der Waals surface area contributed by atoms with E-state index < -0.39 is 0 Å². The summed E-state index contributed by atoms with van der Waals surface area (Å²) in [5.74, 6) is -0.139. The summed E-state index contributed by atoms with van der Waals surface area (Å²) in [6.07, 6.45) is 0. The number of nitrogens with zero attached hydrogens (tertiary/aromatic N) is 3. The number of anilines is 1. The molecule has 1 aliphatic rings. The highest BCUT2D eigenvalue weighted by Gasteiger charge is 2.16. The van der Waals surface area contributed by atoms with Crippen LogP contribution < -0.4 is 4.90 Å². The van der Waals surface area contributed by atoms with Gasteiger partial charge in [0.2, 0.25) is 0 Å². The number of morpholine rings is 1. The molecule has 2 rings (SSSR count). The van der Waals surface area contributed by atoms with Crippen molar-refractivity contribution in [2.24, 2.45) is 5.18 Å². The Kier molecular flexibility index (Phi) is 4.11. The number of hydrogen-bond acceptors (Lipinski definition) is 5. The second-order valence-electron chi connectivity index (χ2n) is 4.63. The molecule has 0 aliphatic carbocycles. The zero-order valence-corrected chi connectivity index (χ0v) is 11.1. The number of rotatable bonds is 3. The van der Waals surface area contributed by atoms with Crippen molar-refractivity contribution in [1.82, 2.24) is 4.90 Å². The van der Waals surface area contributed by atoms with Crippen molar-refractivity contribution in [3.8, 4) is 0 Å². The Balaban J connectivity index is 2.35. The fourth-order valence-electron chi connectivity index (χ4n) is 2.03. The molecule has 0 radical (unpaired) electrons. The summed E-state index contributed by atoms with van der Waals surface area (Å²) < 4.78 is 5.29. The summed E-state index contributed by atoms with van der Waals surface area (Å²) in [7, 11) is 3.36. The van der Waals surface area contributed by atoms with Crippen molar-refractivity contribution < 1.29 is 9.53 Å². The van der Waals surface area contributed by atoms with Crippen LogP contribution in [-0.2, 0) is 4.74 Å². The SMILES string of the molecule is CN(C)C(=O)c1cc(N=O)cc(N2CCOCC2)c1. The van der Waals surface area contributed by atoms with Gasteiger partial charge in [-0.2, -0.15) is 0 Å². The van der Waals surface area contributed by atoms with Crippen LogP contribution in [0.4, 0.5) is 11.4 Å². The molecule has 0 N–H and O–H groups in total. The average Bonchev–Trinajstić information content (AvgIpc) is 2.46. The third-order valence-electron chi connectivity index (χ3n) is 3.04. The Bertz CT molecular complexity index is 482. The maximum Gasteiger partial charge on any atom is 0.253 e. The molecule has 1 heterocycles. The quantitative estimate of drug-likeness (QED) is 0.777. The summed E-state index contributed by atoms with van der Waals surface area (Å²) in [5.41, 5.74) is 1.59. The van der Waals surface area contributed by atoms with Gasteiger partial charge < -0.3 is 14.5 Å². The number of hydrogen-bond donors (Lipinski definition) is 0. The predicted molar refractivity (Wildman–Crippen MR) is 72.9 cm³/mol. The molecule has 0 atom stereocenters. The van der Waals surface area contributed by atoms with E-state index in [1.54, 1.807) is 26.2 Å². The first kappa shape index (κ1) is 13.5. The summed E-state index contributed by atoms with van der Waals surface area (Å²) in [5, 5.41) is 2.95. The summed E-state index contributed by atoms with van der Waals surface area (Å²) >= 11 is 0. The first-order valence-corrected chi connectivity index (χ1v) is 6.14. The zero-order valence-electron chi connectivity index (χ0n) is 11.1. The number of carbonyl (C=O) groups is 1. The molecular weight excluding hydrogens is 246 g/mol. The lowest BCUT2D eigenvalue weighted by Gasteiger charge is -2.29. The van der Waals surface area contributed by atoms with Gasteiger partial charge in [-0.15, -0.1) is 4.91 Å². The predicted octanol–water partition coefficient (Wildman–Crippen LogP) is 1.62. The lowest BCUT2D eigenvalue weighted by Crippen LogP contribution is -2.36. The average molecular weight is 263 g/mol. The van der Waals surface area contributed by atoms with Crippen LogP contribution in [0.1, 0.15) is 10.4 Å². The van der Waals surface area contributed by atoms with Gasteiger partial charge in [0, 0.05) is 38.4 Å². The van der Waals surface area contributed by atoms with Gasteiger partial charge in [0.1, 0.15) is 5.69 Å². The summed E-state index contributed by atoms with van der Waals surface area (Å²) in [6, 6.07) is 5.01. The fraction of sp³-hybridized carbons (Fsp3) is 0.462. The summed E-state index contributed by atoms with van der Waals surface area (Å²) in [4.78, 5) is 26.3. The molecule has 1 aromatic rings. The van der Waals surface area contributed by atoms with Crippen molar-refractivity contribution in [1.29, 1.82) is 0 Å². The van der Waals surface area contributed by atoms with Gasteiger partial charge in [-0.25, -0.2) is 0 Å². The monoisotopic (exact) mass is 263 g/mol. The third kappa shape index (κ3) is 3.08. The van der Waals surface area contributed by atoms with Crippen LogP contribution in [0, 0.1) is 4.91 Å². The Hall–Kier alpha value is -1.95. The van der Waals surface area contributed by atoms with E-state index in [-0.39, 0.29) is 11.6 Å². The van der Waals surface area contributed by atoms with Gasteiger partial charge >= 0.3 is 0 Å². The van der Waals surface area contributed by atoms with Crippen LogP contribution >= 0.6 is 0 Å². The first-order chi connectivity index (χ1) is 9.11. The minimum absolute atomic E-state index is 0.139. The van der Waals surface area contributed by atoms with Gasteiger partial charge in [-0.3, -0.25) is 4.79 Å². The highest BCUT2D eigenvalue weighted by Crippen LogP contribution is 2.25. The van der Waals surface area contributed by atoms with Crippen molar-refractivity contribution in [3.05, 3.63) is 28.7 Å². The molecule has 0 spiro atoms. The van der Waals surface area contributed by atoms with Gasteiger partial charge in [0.15, 0.2) is 0 Å². The molecule has 0 aromatic heterocycles. The molecule has 0 bridgehead atoms. The highest BCUT2D eigenvalue weighted by molar-refractivity contribution is 5.96. The first-order valence-electron chi connectivity index (χ1n) is 6.14. The maximum absolute atomic E-state index is 12.0. The van der Waals surface area contributed by atoms with Crippen LogP contribution in [0.2, 0.25) is 0 Å². The lowest BCUT2D eigenvalue weighted by molar-refractivity contribution is 0.0827. The molecule has 0 saturated carbocycles. The Morgan fingerprint density at radius 1 is 1.26 bits per heavy atom. The number of ether oxygens (including phenoxy) is 1.